The van der Waals surface area contributed by atoms with Crippen LogP contribution in [-0.2, 0) is 11.3 Å². The summed E-state index contributed by atoms with van der Waals surface area (Å²) in [6, 6.07) is 16.8. The summed E-state index contributed by atoms with van der Waals surface area (Å²) in [6.45, 7) is 3.78. The summed E-state index contributed by atoms with van der Waals surface area (Å²) in [7, 11) is 1.61. The number of likely N-dealkylation sites (N-methyl/N-ethyl adjacent to an activating group) is 1. The molecule has 2 aromatic carbocycles. The van der Waals surface area contributed by atoms with E-state index >= 15 is 0 Å². The molecule has 5 nitrogen and oxygen atoms in total. The zero-order chi connectivity index (χ0) is 21.3. The minimum Gasteiger partial charge on any atom is -0.383 e. The van der Waals surface area contributed by atoms with Crippen molar-refractivity contribution in [1.82, 2.24) is 9.47 Å². The third-order valence-electron chi connectivity index (χ3n) is 5.50. The van der Waals surface area contributed by atoms with Gasteiger partial charge in [-0.1, -0.05) is 54.1 Å². The number of hydrogen-bond acceptors (Lipinski definition) is 3. The lowest BCUT2D eigenvalue weighted by atomic mass is 9.99. The Hall–Kier alpha value is -2.89. The topological polar surface area (TPSA) is 51.5 Å². The summed E-state index contributed by atoms with van der Waals surface area (Å²) in [5.74, 6) is -0.136. The molecular formula is C24H23ClN2O3. The van der Waals surface area contributed by atoms with Gasteiger partial charge in [-0.25, -0.2) is 0 Å². The maximum atomic E-state index is 13.6. The molecule has 1 aliphatic heterocycles. The van der Waals surface area contributed by atoms with E-state index in [1.165, 1.54) is 0 Å². The van der Waals surface area contributed by atoms with E-state index in [-0.39, 0.29) is 11.5 Å². The molecule has 1 aliphatic rings. The van der Waals surface area contributed by atoms with E-state index in [2.05, 4.69) is 0 Å². The van der Waals surface area contributed by atoms with Crippen molar-refractivity contribution in [3.63, 3.8) is 0 Å². The summed E-state index contributed by atoms with van der Waals surface area (Å²) >= 11 is 6.52. The first-order valence-electron chi connectivity index (χ1n) is 9.96. The first-order valence-corrected chi connectivity index (χ1v) is 10.3. The van der Waals surface area contributed by atoms with Crippen molar-refractivity contribution in [2.24, 2.45) is 0 Å². The molecule has 0 radical (unpaired) electrons. The van der Waals surface area contributed by atoms with E-state index in [1.54, 1.807) is 28.7 Å². The number of aromatic nitrogens is 1. The molecule has 0 unspecified atom stereocenters. The third-order valence-corrected chi connectivity index (χ3v) is 5.82. The summed E-state index contributed by atoms with van der Waals surface area (Å²) in [6.07, 6.45) is 0. The first kappa shape index (κ1) is 20.4. The van der Waals surface area contributed by atoms with Crippen LogP contribution in [0.4, 0.5) is 0 Å². The molecule has 6 heteroatoms. The molecule has 2 heterocycles. The molecule has 0 N–H and O–H groups in total. The number of halogens is 1. The minimum atomic E-state index is -0.136. The lowest BCUT2D eigenvalue weighted by molar-refractivity contribution is 0.0706. The first-order chi connectivity index (χ1) is 14.6. The minimum absolute atomic E-state index is 0.125. The monoisotopic (exact) mass is 422 g/mol. The standard InChI is InChI=1S/C24H23ClN2O3/c1-3-26(12-13-30-2)23(28)19-14-18(16-8-5-4-6-9-16)24(29)27-15-17-10-7-11-20(25)21(17)22(19)27/h4-11,14H,3,12-13,15H2,1-2H3. The van der Waals surface area contributed by atoms with Crippen LogP contribution in [0.15, 0.2) is 59.4 Å². The molecule has 1 aromatic heterocycles. The lowest BCUT2D eigenvalue weighted by Crippen LogP contribution is -2.35. The zero-order valence-electron chi connectivity index (χ0n) is 17.0. The highest BCUT2D eigenvalue weighted by Crippen LogP contribution is 2.39. The summed E-state index contributed by atoms with van der Waals surface area (Å²) in [5.41, 5.74) is 3.96. The molecule has 4 rings (SSSR count). The number of rotatable bonds is 6. The van der Waals surface area contributed by atoms with Crippen LogP contribution in [0, 0.1) is 0 Å². The summed E-state index contributed by atoms with van der Waals surface area (Å²) in [5, 5.41) is 0.541. The number of nitrogens with zero attached hydrogens (tertiary/aromatic N) is 2. The average Bonchev–Trinajstić information content (AvgIpc) is 3.16. The Labute approximate surface area is 180 Å². The Kier molecular flexibility index (Phi) is 5.75. The molecule has 0 spiro atoms. The summed E-state index contributed by atoms with van der Waals surface area (Å²) < 4.78 is 6.85. The van der Waals surface area contributed by atoms with Crippen molar-refractivity contribution in [3.8, 4) is 22.4 Å². The van der Waals surface area contributed by atoms with Gasteiger partial charge in [0.05, 0.1) is 29.4 Å². The van der Waals surface area contributed by atoms with Crippen molar-refractivity contribution in [1.29, 1.82) is 0 Å². The van der Waals surface area contributed by atoms with E-state index in [1.807, 2.05) is 49.4 Å². The van der Waals surface area contributed by atoms with Crippen LogP contribution in [0.5, 0.6) is 0 Å². The van der Waals surface area contributed by atoms with Crippen LogP contribution in [-0.4, -0.2) is 42.2 Å². The molecule has 0 bridgehead atoms. The van der Waals surface area contributed by atoms with Crippen LogP contribution >= 0.6 is 11.6 Å². The Bertz CT molecular complexity index is 1160. The number of pyridine rings is 1. The Balaban J connectivity index is 1.97. The fourth-order valence-electron chi connectivity index (χ4n) is 3.99. The van der Waals surface area contributed by atoms with Gasteiger partial charge in [0, 0.05) is 31.3 Å². The molecule has 0 aliphatic carbocycles. The van der Waals surface area contributed by atoms with E-state index in [0.717, 1.165) is 16.7 Å². The maximum Gasteiger partial charge on any atom is 0.259 e. The second-order valence-corrected chi connectivity index (χ2v) is 7.64. The van der Waals surface area contributed by atoms with Gasteiger partial charge in [0.2, 0.25) is 0 Å². The highest BCUT2D eigenvalue weighted by atomic mass is 35.5. The van der Waals surface area contributed by atoms with Crippen LogP contribution in [0.1, 0.15) is 22.8 Å². The zero-order valence-corrected chi connectivity index (χ0v) is 17.8. The molecule has 1 amide bonds. The summed E-state index contributed by atoms with van der Waals surface area (Å²) in [4.78, 5) is 28.7. The fraction of sp³-hybridized carbons (Fsp3) is 0.250. The van der Waals surface area contributed by atoms with Crippen LogP contribution in [0.3, 0.4) is 0 Å². The van der Waals surface area contributed by atoms with Gasteiger partial charge in [0.25, 0.3) is 11.5 Å². The van der Waals surface area contributed by atoms with Crippen LogP contribution < -0.4 is 5.56 Å². The molecule has 0 atom stereocenters. The van der Waals surface area contributed by atoms with E-state index in [0.29, 0.717) is 48.1 Å². The Morgan fingerprint density at radius 3 is 2.63 bits per heavy atom. The number of ether oxygens (including phenoxy) is 1. The van der Waals surface area contributed by atoms with Crippen molar-refractivity contribution in [3.05, 3.63) is 81.1 Å². The number of hydrogen-bond donors (Lipinski definition) is 0. The van der Waals surface area contributed by atoms with Gasteiger partial charge in [0.1, 0.15) is 0 Å². The smallest absolute Gasteiger partial charge is 0.259 e. The third kappa shape index (κ3) is 3.44. The molecule has 3 aromatic rings. The molecule has 30 heavy (non-hydrogen) atoms. The fourth-order valence-corrected chi connectivity index (χ4v) is 4.27. The number of carbonyl (C=O) groups excluding carboxylic acids is 1. The van der Waals surface area contributed by atoms with Gasteiger partial charge < -0.3 is 14.2 Å². The lowest BCUT2D eigenvalue weighted by Gasteiger charge is -2.23. The molecule has 0 fully saturated rings. The SMILES string of the molecule is CCN(CCOC)C(=O)c1cc(-c2ccccc2)c(=O)n2c1-c1c(Cl)cccc1C2. The van der Waals surface area contributed by atoms with Gasteiger partial charge in [-0.05, 0) is 30.2 Å². The van der Waals surface area contributed by atoms with Crippen molar-refractivity contribution in [2.75, 3.05) is 26.8 Å². The van der Waals surface area contributed by atoms with E-state index < -0.39 is 0 Å². The van der Waals surface area contributed by atoms with Crippen LogP contribution in [0.2, 0.25) is 5.02 Å². The van der Waals surface area contributed by atoms with E-state index in [4.69, 9.17) is 16.3 Å². The van der Waals surface area contributed by atoms with E-state index in [9.17, 15) is 9.59 Å². The highest BCUT2D eigenvalue weighted by molar-refractivity contribution is 6.33. The number of methoxy groups -OCH3 is 1. The van der Waals surface area contributed by atoms with Gasteiger partial charge in [-0.2, -0.15) is 0 Å². The number of benzene rings is 2. The van der Waals surface area contributed by atoms with Gasteiger partial charge >= 0.3 is 0 Å². The van der Waals surface area contributed by atoms with Crippen LogP contribution in [0.25, 0.3) is 22.4 Å². The van der Waals surface area contributed by atoms with Gasteiger partial charge in [-0.15, -0.1) is 0 Å². The molecule has 154 valence electrons. The Morgan fingerprint density at radius 2 is 1.93 bits per heavy atom. The molecular weight excluding hydrogens is 400 g/mol. The predicted octanol–water partition coefficient (Wildman–Crippen LogP) is 4.31. The molecule has 0 saturated heterocycles. The largest absolute Gasteiger partial charge is 0.383 e. The van der Waals surface area contributed by atoms with Crippen molar-refractivity contribution >= 4 is 17.5 Å². The van der Waals surface area contributed by atoms with Crippen molar-refractivity contribution < 1.29 is 9.53 Å². The quantitative estimate of drug-likeness (QED) is 0.465. The number of carbonyl (C=O) groups is 1. The van der Waals surface area contributed by atoms with Gasteiger partial charge in [-0.3, -0.25) is 9.59 Å². The second-order valence-electron chi connectivity index (χ2n) is 7.23. The Morgan fingerprint density at radius 1 is 1.17 bits per heavy atom. The number of fused-ring (bicyclic) bond motifs is 3. The normalized spacial score (nSPS) is 11.8. The molecule has 0 saturated carbocycles. The van der Waals surface area contributed by atoms with Crippen molar-refractivity contribution in [2.45, 2.75) is 13.5 Å². The second kappa shape index (κ2) is 8.46. The number of amides is 1. The maximum absolute atomic E-state index is 13.6. The highest BCUT2D eigenvalue weighted by Gasteiger charge is 2.30. The average molecular weight is 423 g/mol. The van der Waals surface area contributed by atoms with Gasteiger partial charge in [0.15, 0.2) is 0 Å². The predicted molar refractivity (Wildman–Crippen MR) is 119 cm³/mol.